The molecule has 0 aliphatic carbocycles. The highest BCUT2D eigenvalue weighted by Gasteiger charge is 2.00. The van der Waals surface area contributed by atoms with E-state index in [4.69, 9.17) is 5.84 Å². The van der Waals surface area contributed by atoms with Crippen LogP contribution in [0.25, 0.3) is 0 Å². The lowest BCUT2D eigenvalue weighted by atomic mass is 10.5. The highest BCUT2D eigenvalue weighted by atomic mass is 15.3. The molecular formula is C7H13N5. The number of nitrogen functional groups attached to an aromatic ring is 1. The molecule has 1 rings (SSSR count). The molecule has 0 spiro atoms. The van der Waals surface area contributed by atoms with E-state index in [9.17, 15) is 0 Å². The van der Waals surface area contributed by atoms with Crippen LogP contribution in [0.1, 0.15) is 6.92 Å². The molecule has 0 unspecified atom stereocenters. The van der Waals surface area contributed by atoms with Crippen LogP contribution in [0.15, 0.2) is 12.3 Å². The lowest BCUT2D eigenvalue weighted by Gasteiger charge is -2.15. The van der Waals surface area contributed by atoms with Crippen LogP contribution in [0.2, 0.25) is 0 Å². The van der Waals surface area contributed by atoms with Gasteiger partial charge in [-0.15, -0.1) is 0 Å². The molecule has 12 heavy (non-hydrogen) atoms. The van der Waals surface area contributed by atoms with Crippen LogP contribution in [-0.2, 0) is 0 Å². The van der Waals surface area contributed by atoms with E-state index >= 15 is 0 Å². The summed E-state index contributed by atoms with van der Waals surface area (Å²) in [7, 11) is 1.96. The van der Waals surface area contributed by atoms with Crippen molar-refractivity contribution in [3.63, 3.8) is 0 Å². The van der Waals surface area contributed by atoms with E-state index in [-0.39, 0.29) is 0 Å². The van der Waals surface area contributed by atoms with E-state index < -0.39 is 0 Å². The molecule has 0 bridgehead atoms. The van der Waals surface area contributed by atoms with Crippen molar-refractivity contribution in [1.82, 2.24) is 9.97 Å². The zero-order chi connectivity index (χ0) is 8.97. The van der Waals surface area contributed by atoms with Crippen molar-refractivity contribution >= 4 is 11.8 Å². The first-order valence-corrected chi connectivity index (χ1v) is 3.78. The van der Waals surface area contributed by atoms with Gasteiger partial charge in [-0.05, 0) is 13.0 Å². The molecular weight excluding hydrogens is 154 g/mol. The summed E-state index contributed by atoms with van der Waals surface area (Å²) in [6.07, 6.45) is 1.67. The average Bonchev–Trinajstić information content (AvgIpc) is 2.17. The quantitative estimate of drug-likeness (QED) is 0.498. The molecule has 5 heteroatoms. The van der Waals surface area contributed by atoms with Crippen LogP contribution in [0, 0.1) is 0 Å². The lowest BCUT2D eigenvalue weighted by molar-refractivity contribution is 0.928. The third-order valence-corrected chi connectivity index (χ3v) is 1.64. The summed E-state index contributed by atoms with van der Waals surface area (Å²) >= 11 is 0. The van der Waals surface area contributed by atoms with E-state index in [1.807, 2.05) is 18.0 Å². The number of hydrogen-bond donors (Lipinski definition) is 2. The Morgan fingerprint density at radius 1 is 1.67 bits per heavy atom. The van der Waals surface area contributed by atoms with Gasteiger partial charge >= 0.3 is 0 Å². The Morgan fingerprint density at radius 3 is 3.00 bits per heavy atom. The van der Waals surface area contributed by atoms with Gasteiger partial charge in [-0.1, -0.05) is 0 Å². The van der Waals surface area contributed by atoms with Gasteiger partial charge in [0.05, 0.1) is 0 Å². The topological polar surface area (TPSA) is 67.1 Å². The maximum absolute atomic E-state index is 5.17. The fourth-order valence-electron chi connectivity index (χ4n) is 0.793. The number of rotatable bonds is 3. The molecule has 0 radical (unpaired) electrons. The molecule has 1 heterocycles. The third kappa shape index (κ3) is 1.82. The Balaban J connectivity index is 2.86. The van der Waals surface area contributed by atoms with Crippen molar-refractivity contribution in [2.75, 3.05) is 23.9 Å². The monoisotopic (exact) mass is 167 g/mol. The van der Waals surface area contributed by atoms with Gasteiger partial charge < -0.3 is 4.90 Å². The molecule has 1 aromatic heterocycles. The molecule has 5 nitrogen and oxygen atoms in total. The first-order valence-electron chi connectivity index (χ1n) is 3.78. The number of anilines is 2. The Hall–Kier alpha value is -1.36. The predicted molar refractivity (Wildman–Crippen MR) is 48.8 cm³/mol. The van der Waals surface area contributed by atoms with Crippen molar-refractivity contribution in [3.8, 4) is 0 Å². The Labute approximate surface area is 71.6 Å². The summed E-state index contributed by atoms with van der Waals surface area (Å²) in [6.45, 7) is 2.96. The van der Waals surface area contributed by atoms with Crippen LogP contribution in [-0.4, -0.2) is 23.6 Å². The summed E-state index contributed by atoms with van der Waals surface area (Å²) in [6, 6.07) is 1.84. The second-order valence-corrected chi connectivity index (χ2v) is 2.40. The minimum Gasteiger partial charge on any atom is -0.360 e. The molecule has 1 aromatic rings. The van der Waals surface area contributed by atoms with Crippen molar-refractivity contribution < 1.29 is 0 Å². The Kier molecular flexibility index (Phi) is 2.82. The van der Waals surface area contributed by atoms with Crippen molar-refractivity contribution in [2.24, 2.45) is 5.84 Å². The van der Waals surface area contributed by atoms with Crippen LogP contribution in [0.4, 0.5) is 11.8 Å². The fraction of sp³-hybridized carbons (Fsp3) is 0.429. The van der Waals surface area contributed by atoms with Gasteiger partial charge in [0, 0.05) is 19.8 Å². The normalized spacial score (nSPS) is 9.58. The minimum absolute atomic E-state index is 0.438. The second kappa shape index (κ2) is 3.87. The largest absolute Gasteiger partial charge is 0.360 e. The molecule has 0 aliphatic rings. The highest BCUT2D eigenvalue weighted by Crippen LogP contribution is 2.08. The van der Waals surface area contributed by atoms with Gasteiger partial charge in [0.2, 0.25) is 5.95 Å². The van der Waals surface area contributed by atoms with Gasteiger partial charge in [0.25, 0.3) is 0 Å². The standard InChI is InChI=1S/C7H13N5/c1-3-12(2)6-4-5-9-7(10-6)11-8/h4-5H,3,8H2,1-2H3,(H,9,10,11). The minimum atomic E-state index is 0.438. The van der Waals surface area contributed by atoms with Crippen molar-refractivity contribution in [2.45, 2.75) is 6.92 Å². The highest BCUT2D eigenvalue weighted by molar-refractivity contribution is 5.40. The SMILES string of the molecule is CCN(C)c1ccnc(NN)n1. The van der Waals surface area contributed by atoms with Crippen LogP contribution in [0.3, 0.4) is 0 Å². The smallest absolute Gasteiger partial charge is 0.239 e. The molecule has 0 saturated heterocycles. The van der Waals surface area contributed by atoms with Gasteiger partial charge in [0.15, 0.2) is 0 Å². The van der Waals surface area contributed by atoms with E-state index in [1.54, 1.807) is 6.20 Å². The predicted octanol–water partition coefficient (Wildman–Crippen LogP) is 0.218. The molecule has 0 saturated carbocycles. The van der Waals surface area contributed by atoms with Crippen molar-refractivity contribution in [1.29, 1.82) is 0 Å². The maximum atomic E-state index is 5.17. The van der Waals surface area contributed by atoms with Gasteiger partial charge in [-0.25, -0.2) is 10.8 Å². The fourth-order valence-corrected chi connectivity index (χ4v) is 0.793. The van der Waals surface area contributed by atoms with Crippen molar-refractivity contribution in [3.05, 3.63) is 12.3 Å². The number of nitrogens with two attached hydrogens (primary N) is 1. The summed E-state index contributed by atoms with van der Waals surface area (Å²) in [4.78, 5) is 10.0. The van der Waals surface area contributed by atoms with Gasteiger partial charge in [0.1, 0.15) is 5.82 Å². The number of nitrogens with one attached hydrogen (secondary N) is 1. The lowest BCUT2D eigenvalue weighted by Crippen LogP contribution is -2.19. The summed E-state index contributed by atoms with van der Waals surface area (Å²) < 4.78 is 0. The molecule has 66 valence electrons. The maximum Gasteiger partial charge on any atom is 0.239 e. The zero-order valence-electron chi connectivity index (χ0n) is 7.28. The van der Waals surface area contributed by atoms with E-state index in [0.29, 0.717) is 5.95 Å². The number of nitrogens with zero attached hydrogens (tertiary/aromatic N) is 3. The summed E-state index contributed by atoms with van der Waals surface area (Å²) in [5, 5.41) is 0. The summed E-state index contributed by atoms with van der Waals surface area (Å²) in [5.74, 6) is 6.47. The second-order valence-electron chi connectivity index (χ2n) is 2.40. The number of aromatic nitrogens is 2. The first-order chi connectivity index (χ1) is 5.77. The van der Waals surface area contributed by atoms with E-state index in [2.05, 4.69) is 22.3 Å². The van der Waals surface area contributed by atoms with Gasteiger partial charge in [-0.3, -0.25) is 5.43 Å². The summed E-state index contributed by atoms with van der Waals surface area (Å²) in [5.41, 5.74) is 2.40. The van der Waals surface area contributed by atoms with E-state index in [1.165, 1.54) is 0 Å². The molecule has 0 atom stereocenters. The first kappa shape index (κ1) is 8.73. The average molecular weight is 167 g/mol. The van der Waals surface area contributed by atoms with Crippen LogP contribution >= 0.6 is 0 Å². The Bertz CT molecular complexity index is 249. The molecule has 0 aromatic carbocycles. The van der Waals surface area contributed by atoms with Crippen LogP contribution in [0.5, 0.6) is 0 Å². The number of hydrazine groups is 1. The Morgan fingerprint density at radius 2 is 2.42 bits per heavy atom. The molecule has 0 aliphatic heterocycles. The molecule has 3 N–H and O–H groups in total. The van der Waals surface area contributed by atoms with Crippen LogP contribution < -0.4 is 16.2 Å². The zero-order valence-corrected chi connectivity index (χ0v) is 7.28. The molecule has 0 amide bonds. The third-order valence-electron chi connectivity index (χ3n) is 1.64. The molecule has 0 fully saturated rings. The van der Waals surface area contributed by atoms with E-state index in [0.717, 1.165) is 12.4 Å². The number of hydrogen-bond acceptors (Lipinski definition) is 5. The van der Waals surface area contributed by atoms with Gasteiger partial charge in [-0.2, -0.15) is 4.98 Å².